The molecule has 4 atom stereocenters. The fraction of sp³-hybridized carbons (Fsp3) is 0.224. The Morgan fingerprint density at radius 3 is 1.12 bits per heavy atom. The molecule has 0 spiro atoms. The smallest absolute Gasteiger partial charge is 1.00 e. The van der Waals surface area contributed by atoms with Crippen molar-refractivity contribution in [2.75, 3.05) is 0 Å². The fourth-order valence-corrected chi connectivity index (χ4v) is 7.45. The Hall–Kier alpha value is -4.12. The second-order valence-corrected chi connectivity index (χ2v) is 14.8. The van der Waals surface area contributed by atoms with E-state index in [1.54, 1.807) is 0 Å². The Morgan fingerprint density at radius 1 is 0.429 bits per heavy atom. The molecule has 0 fully saturated rings. The van der Waals surface area contributed by atoms with E-state index in [4.69, 9.17) is 19.5 Å². The van der Waals surface area contributed by atoms with Crippen molar-refractivity contribution in [3.8, 4) is 22.3 Å². The van der Waals surface area contributed by atoms with Gasteiger partial charge in [-0.25, -0.2) is 9.98 Å². The maximum Gasteiger partial charge on any atom is 2.00 e. The monoisotopic (exact) mass is 958 g/mol. The van der Waals surface area contributed by atoms with E-state index in [1.165, 1.54) is 55.6 Å². The number of ether oxygens (including phenoxy) is 2. The molecule has 6 aromatic carbocycles. The van der Waals surface area contributed by atoms with Crippen molar-refractivity contribution in [1.82, 2.24) is 0 Å². The van der Waals surface area contributed by atoms with Crippen molar-refractivity contribution < 1.29 is 63.9 Å². The summed E-state index contributed by atoms with van der Waals surface area (Å²) >= 11 is 0. The maximum atomic E-state index is 6.73. The minimum absolute atomic E-state index is 0. The number of nitrogens with zero attached hydrogens (tertiary/aromatic N) is 2. The minimum Gasteiger partial charge on any atom is -1.00 e. The van der Waals surface area contributed by atoms with Crippen LogP contribution >= 0.6 is 0 Å². The van der Waals surface area contributed by atoms with Crippen molar-refractivity contribution in [3.63, 3.8) is 0 Å². The molecule has 0 aromatic heterocycles. The molecule has 7 heteroatoms. The number of halogens is 2. The molecule has 2 aliphatic heterocycles. The first-order valence-corrected chi connectivity index (χ1v) is 18.7. The van der Waals surface area contributed by atoms with Gasteiger partial charge in [-0.2, -0.15) is 0 Å². The van der Waals surface area contributed by atoms with Crippen molar-refractivity contribution in [1.29, 1.82) is 0 Å². The summed E-state index contributed by atoms with van der Waals surface area (Å²) in [6.45, 7) is 8.48. The molecule has 0 N–H and O–H groups in total. The predicted molar refractivity (Wildman–Crippen MR) is 218 cm³/mol. The maximum absolute atomic E-state index is 6.73. The zero-order valence-electron chi connectivity index (χ0n) is 32.1. The van der Waals surface area contributed by atoms with E-state index in [9.17, 15) is 0 Å². The molecule has 2 aliphatic rings. The Morgan fingerprint density at radius 2 is 0.768 bits per heavy atom. The summed E-state index contributed by atoms with van der Waals surface area (Å²) in [4.78, 5) is 10.5. The first-order valence-electron chi connectivity index (χ1n) is 18.7. The molecule has 0 aliphatic carbocycles. The van der Waals surface area contributed by atoms with Gasteiger partial charge in [0.05, 0.1) is 18.5 Å². The van der Waals surface area contributed by atoms with Gasteiger partial charge in [0.1, 0.15) is 12.2 Å². The summed E-state index contributed by atoms with van der Waals surface area (Å²) in [6, 6.07) is 52.2. The van der Waals surface area contributed by atoms with Crippen LogP contribution < -0.4 is 34.0 Å². The van der Waals surface area contributed by atoms with Crippen LogP contribution in [0.5, 0.6) is 0 Å². The average molecular weight is 961 g/mol. The summed E-state index contributed by atoms with van der Waals surface area (Å²) in [5, 5.41) is 0. The van der Waals surface area contributed by atoms with Gasteiger partial charge in [0, 0.05) is 0 Å². The molecule has 288 valence electrons. The molecular weight excluding hydrogens is 915 g/mol. The Kier molecular flexibility index (Phi) is 14.9. The quantitative estimate of drug-likeness (QED) is 0.170. The molecule has 0 bridgehead atoms. The van der Waals surface area contributed by atoms with E-state index >= 15 is 0 Å². The molecule has 0 saturated carbocycles. The van der Waals surface area contributed by atoms with Gasteiger partial charge >= 0.3 is 20.4 Å². The number of benzene rings is 6. The van der Waals surface area contributed by atoms with E-state index in [2.05, 4.69) is 173 Å². The predicted octanol–water partition coefficient (Wildman–Crippen LogP) is 5.51. The largest absolute Gasteiger partial charge is 2.00 e. The number of rotatable bonds is 10. The molecule has 0 amide bonds. The second kappa shape index (κ2) is 19.4. The molecule has 0 radical (unpaired) electrons. The fourth-order valence-electron chi connectivity index (χ4n) is 7.45. The average Bonchev–Trinajstić information content (AvgIpc) is 3.76. The van der Waals surface area contributed by atoms with Gasteiger partial charge in [-0.1, -0.05) is 168 Å². The Labute approximate surface area is 366 Å². The van der Waals surface area contributed by atoms with Gasteiger partial charge < -0.3 is 43.4 Å². The summed E-state index contributed by atoms with van der Waals surface area (Å²) < 4.78 is 13.5. The number of aryl methyl sites for hydroxylation is 4. The van der Waals surface area contributed by atoms with E-state index in [0.717, 1.165) is 24.0 Å². The molecule has 56 heavy (non-hydrogen) atoms. The van der Waals surface area contributed by atoms with Crippen LogP contribution in [0.2, 0.25) is 0 Å². The number of hydrogen-bond donors (Lipinski definition) is 0. The summed E-state index contributed by atoms with van der Waals surface area (Å²) in [5.41, 5.74) is 14.6. The van der Waals surface area contributed by atoms with Crippen LogP contribution in [0.4, 0.5) is 0 Å². The van der Waals surface area contributed by atoms with Crippen LogP contribution in [0, 0.1) is 27.7 Å². The normalized spacial score (nSPS) is 18.3. The molecule has 4 nitrogen and oxygen atoms in total. The van der Waals surface area contributed by atoms with Gasteiger partial charge in [0.25, 0.3) is 0 Å². The first-order chi connectivity index (χ1) is 25.8. The van der Waals surface area contributed by atoms with E-state index in [0.29, 0.717) is 18.2 Å². The molecular formula is C49H46Br2N2O2Pd. The third-order valence-electron chi connectivity index (χ3n) is 10.5. The zero-order valence-corrected chi connectivity index (χ0v) is 36.8. The van der Waals surface area contributed by atoms with Gasteiger partial charge in [0.15, 0.2) is 11.8 Å². The molecule has 8 rings (SSSR count). The van der Waals surface area contributed by atoms with E-state index in [1.807, 2.05) is 0 Å². The van der Waals surface area contributed by atoms with E-state index in [-0.39, 0.29) is 78.7 Å². The summed E-state index contributed by atoms with van der Waals surface area (Å²) in [7, 11) is 0. The van der Waals surface area contributed by atoms with Crippen LogP contribution in [0.25, 0.3) is 22.3 Å². The topological polar surface area (TPSA) is 43.2 Å². The Balaban J connectivity index is 0.00000200. The van der Waals surface area contributed by atoms with Crippen LogP contribution in [-0.2, 0) is 42.7 Å². The van der Waals surface area contributed by atoms with Crippen LogP contribution in [-0.4, -0.2) is 23.9 Å². The standard InChI is InChI=1S/C49H46N2O2.2BrH.Pd/c1-32-11-19-38(20-12-32)42-9-5-7-36(27-42)29-44-48(40-23-15-34(3)16-24-40)52-46(50-44)31-47-51-45(49(53-47)41-25-17-35(4)18-26-41)30-37-8-6-10-43(28-37)39-21-13-33(2)14-22-39;;;/h5-28,44-45,48-49H,29-31H2,1-4H3;2*1H;/q;;;+2/p-2/t44-,45-,48?,49?;;;/m1.../s1. The molecule has 6 aromatic rings. The number of hydrogen-bond acceptors (Lipinski definition) is 4. The first kappa shape index (κ1) is 43.0. The van der Waals surface area contributed by atoms with Crippen molar-refractivity contribution in [2.24, 2.45) is 9.98 Å². The summed E-state index contributed by atoms with van der Waals surface area (Å²) in [5.74, 6) is 1.36. The summed E-state index contributed by atoms with van der Waals surface area (Å²) in [6.07, 6.45) is 1.57. The van der Waals surface area contributed by atoms with Gasteiger partial charge in [-0.15, -0.1) is 0 Å². The van der Waals surface area contributed by atoms with Crippen LogP contribution in [0.3, 0.4) is 0 Å². The second-order valence-electron chi connectivity index (χ2n) is 14.8. The Bertz CT molecular complexity index is 2110. The number of aliphatic imine (C=N–C) groups is 2. The minimum atomic E-state index is -0.191. The van der Waals surface area contributed by atoms with Crippen LogP contribution in [0.15, 0.2) is 156 Å². The van der Waals surface area contributed by atoms with Gasteiger partial charge in [0.2, 0.25) is 0 Å². The third kappa shape index (κ3) is 10.2. The van der Waals surface area contributed by atoms with Gasteiger partial charge in [-0.3, -0.25) is 0 Å². The van der Waals surface area contributed by atoms with E-state index < -0.39 is 0 Å². The molecule has 0 saturated heterocycles. The third-order valence-corrected chi connectivity index (χ3v) is 10.5. The van der Waals surface area contributed by atoms with Crippen molar-refractivity contribution >= 4 is 11.8 Å². The molecule has 2 unspecified atom stereocenters. The zero-order chi connectivity index (χ0) is 36.3. The van der Waals surface area contributed by atoms with Crippen LogP contribution in [0.1, 0.15) is 63.1 Å². The van der Waals surface area contributed by atoms with Crippen molar-refractivity contribution in [3.05, 3.63) is 190 Å². The SMILES string of the molecule is Cc1ccc(-c2cccc(C[C@H]3N=C(CC4=N[C@H](Cc5cccc(-c6ccc(C)cc6)c5)C(c5ccc(C)cc5)O4)OC3c3ccc(C)cc3)c2)cc1.[Br-].[Br-].[Pd+2]. The van der Waals surface area contributed by atoms with Gasteiger partial charge in [-0.05, 0) is 85.0 Å². The molecule has 2 heterocycles. The van der Waals surface area contributed by atoms with Crippen molar-refractivity contribution in [2.45, 2.75) is 71.2 Å².